The van der Waals surface area contributed by atoms with Gasteiger partial charge in [0.05, 0.1) is 12.6 Å². The van der Waals surface area contributed by atoms with Crippen LogP contribution in [0.1, 0.15) is 37.1 Å². The maximum atomic E-state index is 13.7. The number of benzene rings is 2. The van der Waals surface area contributed by atoms with Gasteiger partial charge in [0.2, 0.25) is 0 Å². The van der Waals surface area contributed by atoms with Crippen LogP contribution in [0.3, 0.4) is 0 Å². The van der Waals surface area contributed by atoms with Gasteiger partial charge in [-0.05, 0) is 37.6 Å². The average Bonchev–Trinajstić information content (AvgIpc) is 2.60. The normalized spacial score (nSPS) is 14.0. The molecule has 3 N–H and O–H groups in total. The van der Waals surface area contributed by atoms with Gasteiger partial charge in [-0.3, -0.25) is 4.99 Å². The molecule has 0 aliphatic carbocycles. The Bertz CT molecular complexity index is 706. The molecule has 6 heteroatoms. The Hall–Kier alpha value is -2.11. The largest absolute Gasteiger partial charge is 0.386 e. The molecule has 0 heterocycles. The molecule has 2 aromatic rings. The summed E-state index contributed by atoms with van der Waals surface area (Å²) in [7, 11) is 0. The van der Waals surface area contributed by atoms with Crippen LogP contribution in [-0.4, -0.2) is 24.2 Å². The highest BCUT2D eigenvalue weighted by atomic mass is 35.5. The first kappa shape index (κ1) is 19.2. The average molecular weight is 364 g/mol. The number of nitrogens with zero attached hydrogens (tertiary/aromatic N) is 1. The van der Waals surface area contributed by atoms with Gasteiger partial charge < -0.3 is 15.7 Å². The molecule has 0 aromatic heterocycles. The molecule has 0 saturated heterocycles. The van der Waals surface area contributed by atoms with Crippen LogP contribution in [-0.2, 0) is 0 Å². The van der Waals surface area contributed by atoms with Crippen LogP contribution in [0.15, 0.2) is 53.5 Å². The molecular weight excluding hydrogens is 341 g/mol. The third-order valence-corrected chi connectivity index (χ3v) is 4.01. The number of hydrogen-bond donors (Lipinski definition) is 3. The molecule has 25 heavy (non-hydrogen) atoms. The van der Waals surface area contributed by atoms with Gasteiger partial charge in [0.15, 0.2) is 5.96 Å². The zero-order valence-electron chi connectivity index (χ0n) is 14.3. The van der Waals surface area contributed by atoms with Crippen LogP contribution in [0.5, 0.6) is 0 Å². The predicted molar refractivity (Wildman–Crippen MR) is 100 cm³/mol. The molecule has 0 saturated carbocycles. The monoisotopic (exact) mass is 363 g/mol. The molecule has 2 rings (SSSR count). The van der Waals surface area contributed by atoms with Crippen molar-refractivity contribution in [2.24, 2.45) is 4.99 Å². The molecule has 0 amide bonds. The molecular formula is C19H23ClFN3O. The zero-order chi connectivity index (χ0) is 18.2. The van der Waals surface area contributed by atoms with E-state index in [4.69, 9.17) is 11.6 Å². The van der Waals surface area contributed by atoms with Crippen molar-refractivity contribution in [2.75, 3.05) is 13.1 Å². The summed E-state index contributed by atoms with van der Waals surface area (Å²) in [5.74, 6) is 0.123. The molecule has 0 radical (unpaired) electrons. The van der Waals surface area contributed by atoms with Crippen LogP contribution < -0.4 is 10.6 Å². The van der Waals surface area contributed by atoms with E-state index in [0.717, 1.165) is 5.56 Å². The molecule has 0 bridgehead atoms. The summed E-state index contributed by atoms with van der Waals surface area (Å²) >= 11 is 5.91. The van der Waals surface area contributed by atoms with Gasteiger partial charge >= 0.3 is 0 Å². The van der Waals surface area contributed by atoms with Gasteiger partial charge in [0, 0.05) is 17.1 Å². The smallest absolute Gasteiger partial charge is 0.191 e. The van der Waals surface area contributed by atoms with Crippen molar-refractivity contribution in [1.29, 1.82) is 0 Å². The van der Waals surface area contributed by atoms with E-state index in [1.807, 2.05) is 38.1 Å². The first-order valence-electron chi connectivity index (χ1n) is 8.24. The summed E-state index contributed by atoms with van der Waals surface area (Å²) < 4.78 is 13.7. The van der Waals surface area contributed by atoms with Crippen LogP contribution in [0, 0.1) is 5.82 Å². The van der Waals surface area contributed by atoms with E-state index in [2.05, 4.69) is 15.6 Å². The topological polar surface area (TPSA) is 56.7 Å². The molecule has 2 aromatic carbocycles. The Morgan fingerprint density at radius 2 is 1.88 bits per heavy atom. The number of rotatable bonds is 6. The van der Waals surface area contributed by atoms with Gasteiger partial charge in [-0.1, -0.05) is 41.9 Å². The van der Waals surface area contributed by atoms with Crippen molar-refractivity contribution in [3.8, 4) is 0 Å². The molecule has 0 aliphatic heterocycles. The summed E-state index contributed by atoms with van der Waals surface area (Å²) in [5.41, 5.74) is 1.30. The number of aliphatic hydroxyl groups is 1. The number of aliphatic imine (C=N–C) groups is 1. The minimum absolute atomic E-state index is 0.000621. The second-order valence-corrected chi connectivity index (χ2v) is 6.11. The predicted octanol–water partition coefficient (Wildman–Crippen LogP) is 3.83. The Morgan fingerprint density at radius 1 is 1.20 bits per heavy atom. The van der Waals surface area contributed by atoms with E-state index < -0.39 is 11.9 Å². The number of hydrogen-bond acceptors (Lipinski definition) is 2. The second-order valence-electron chi connectivity index (χ2n) is 5.67. The van der Waals surface area contributed by atoms with E-state index in [1.54, 1.807) is 18.2 Å². The SMILES string of the molecule is CCNC(=NCC(O)c1ccccc1F)NC(C)c1ccc(Cl)cc1. The van der Waals surface area contributed by atoms with Gasteiger partial charge in [-0.15, -0.1) is 0 Å². The van der Waals surface area contributed by atoms with E-state index in [1.165, 1.54) is 6.07 Å². The Morgan fingerprint density at radius 3 is 2.52 bits per heavy atom. The number of aliphatic hydroxyl groups excluding tert-OH is 1. The fourth-order valence-corrected chi connectivity index (χ4v) is 2.51. The van der Waals surface area contributed by atoms with Crippen molar-refractivity contribution >= 4 is 17.6 Å². The minimum atomic E-state index is -0.998. The summed E-state index contributed by atoms with van der Waals surface area (Å²) in [6.45, 7) is 4.69. The first-order valence-corrected chi connectivity index (χ1v) is 8.61. The highest BCUT2D eigenvalue weighted by Crippen LogP contribution is 2.18. The Labute approximate surface area is 152 Å². The highest BCUT2D eigenvalue weighted by Gasteiger charge is 2.13. The molecule has 2 atom stereocenters. The maximum absolute atomic E-state index is 13.7. The molecule has 134 valence electrons. The van der Waals surface area contributed by atoms with Crippen molar-refractivity contribution in [3.63, 3.8) is 0 Å². The van der Waals surface area contributed by atoms with Crippen molar-refractivity contribution in [1.82, 2.24) is 10.6 Å². The van der Waals surface area contributed by atoms with Crippen molar-refractivity contribution in [2.45, 2.75) is 26.0 Å². The Balaban J connectivity index is 2.04. The van der Waals surface area contributed by atoms with E-state index in [9.17, 15) is 9.50 Å². The van der Waals surface area contributed by atoms with Crippen molar-refractivity contribution in [3.05, 3.63) is 70.5 Å². The van der Waals surface area contributed by atoms with Gasteiger partial charge in [-0.25, -0.2) is 4.39 Å². The van der Waals surface area contributed by atoms with Gasteiger partial charge in [-0.2, -0.15) is 0 Å². The van der Waals surface area contributed by atoms with E-state index >= 15 is 0 Å². The zero-order valence-corrected chi connectivity index (χ0v) is 15.1. The molecule has 2 unspecified atom stereocenters. The van der Waals surface area contributed by atoms with Crippen LogP contribution in [0.4, 0.5) is 4.39 Å². The van der Waals surface area contributed by atoms with Gasteiger partial charge in [0.1, 0.15) is 11.9 Å². The lowest BCUT2D eigenvalue weighted by Gasteiger charge is -2.19. The summed E-state index contributed by atoms with van der Waals surface area (Å²) in [6.07, 6.45) is -0.998. The molecule has 0 fully saturated rings. The number of nitrogens with one attached hydrogen (secondary N) is 2. The van der Waals surface area contributed by atoms with Gasteiger partial charge in [0.25, 0.3) is 0 Å². The molecule has 4 nitrogen and oxygen atoms in total. The van der Waals surface area contributed by atoms with Crippen LogP contribution in [0.25, 0.3) is 0 Å². The second kappa shape index (κ2) is 9.39. The Kier molecular flexibility index (Phi) is 7.22. The third-order valence-electron chi connectivity index (χ3n) is 3.75. The quantitative estimate of drug-likeness (QED) is 0.540. The lowest BCUT2D eigenvalue weighted by atomic mass is 10.1. The highest BCUT2D eigenvalue weighted by molar-refractivity contribution is 6.30. The summed E-state index contributed by atoms with van der Waals surface area (Å²) in [4.78, 5) is 4.37. The molecule has 0 aliphatic rings. The minimum Gasteiger partial charge on any atom is -0.386 e. The van der Waals surface area contributed by atoms with Crippen LogP contribution >= 0.6 is 11.6 Å². The number of halogens is 2. The lowest BCUT2D eigenvalue weighted by Crippen LogP contribution is -2.39. The van der Waals surface area contributed by atoms with E-state index in [-0.39, 0.29) is 18.2 Å². The van der Waals surface area contributed by atoms with E-state index in [0.29, 0.717) is 17.5 Å². The van der Waals surface area contributed by atoms with Crippen LogP contribution in [0.2, 0.25) is 5.02 Å². The number of guanidine groups is 1. The third kappa shape index (κ3) is 5.73. The fraction of sp³-hybridized carbons (Fsp3) is 0.316. The maximum Gasteiger partial charge on any atom is 0.191 e. The summed E-state index contributed by atoms with van der Waals surface area (Å²) in [5, 5.41) is 17.3. The lowest BCUT2D eigenvalue weighted by molar-refractivity contribution is 0.182. The van der Waals surface area contributed by atoms with Crippen molar-refractivity contribution < 1.29 is 9.50 Å². The summed E-state index contributed by atoms with van der Waals surface area (Å²) in [6, 6.07) is 13.7. The standard InChI is InChI=1S/C19H23ClFN3O/c1-3-22-19(24-13(2)14-8-10-15(20)11-9-14)23-12-18(25)16-6-4-5-7-17(16)21/h4-11,13,18,25H,3,12H2,1-2H3,(H2,22,23,24). The molecule has 0 spiro atoms. The first-order chi connectivity index (χ1) is 12.0. The fourth-order valence-electron chi connectivity index (χ4n) is 2.38.